The van der Waals surface area contributed by atoms with E-state index in [4.69, 9.17) is 4.74 Å². The van der Waals surface area contributed by atoms with E-state index in [0.717, 1.165) is 21.8 Å². The van der Waals surface area contributed by atoms with Crippen LogP contribution in [0, 0.1) is 19.8 Å². The minimum Gasteiger partial charge on any atom is -0.489 e. The first-order chi connectivity index (χ1) is 10.5. The van der Waals surface area contributed by atoms with E-state index < -0.39 is 0 Å². The highest BCUT2D eigenvalue weighted by Gasteiger charge is 2.10. The molecule has 22 heavy (non-hydrogen) atoms. The van der Waals surface area contributed by atoms with E-state index in [1.807, 2.05) is 23.6 Å². The summed E-state index contributed by atoms with van der Waals surface area (Å²) >= 11 is 1.46. The number of ether oxygens (including phenoxy) is 1. The summed E-state index contributed by atoms with van der Waals surface area (Å²) in [5.74, 6) is 1.35. The molecule has 0 aliphatic heterocycles. The van der Waals surface area contributed by atoms with Gasteiger partial charge < -0.3 is 10.1 Å². The van der Waals surface area contributed by atoms with Gasteiger partial charge in [-0.3, -0.25) is 4.79 Å². The highest BCUT2D eigenvalue weighted by atomic mass is 32.1. The number of nitrogens with one attached hydrogen (secondary N) is 1. The standard InChI is InChI=1S/C18H23NO2S/c1-12(2)9-19-18(20)17-8-15(11-22-17)10-21-16-7-5-6-13(3)14(16)4/h5-8,11-12H,9-10H2,1-4H3,(H,19,20). The van der Waals surface area contributed by atoms with E-state index in [0.29, 0.717) is 19.1 Å². The monoisotopic (exact) mass is 317 g/mol. The lowest BCUT2D eigenvalue weighted by Crippen LogP contribution is -2.26. The molecule has 1 aromatic carbocycles. The van der Waals surface area contributed by atoms with Crippen molar-refractivity contribution in [2.24, 2.45) is 5.92 Å². The van der Waals surface area contributed by atoms with Crippen LogP contribution in [0.4, 0.5) is 0 Å². The molecular formula is C18H23NO2S. The van der Waals surface area contributed by atoms with Crippen molar-refractivity contribution in [1.29, 1.82) is 0 Å². The van der Waals surface area contributed by atoms with Gasteiger partial charge in [-0.15, -0.1) is 11.3 Å². The maximum absolute atomic E-state index is 12.0. The molecule has 2 aromatic rings. The molecule has 0 atom stereocenters. The lowest BCUT2D eigenvalue weighted by Gasteiger charge is -2.09. The molecule has 0 unspecified atom stereocenters. The average Bonchev–Trinajstić information content (AvgIpc) is 2.95. The minimum atomic E-state index is -0.00307. The molecule has 3 nitrogen and oxygen atoms in total. The number of carbonyl (C=O) groups excluding carboxylic acids is 1. The molecule has 2 rings (SSSR count). The van der Waals surface area contributed by atoms with Crippen LogP contribution in [-0.4, -0.2) is 12.5 Å². The number of carbonyl (C=O) groups is 1. The van der Waals surface area contributed by atoms with Crippen LogP contribution in [0.5, 0.6) is 5.75 Å². The third-order valence-electron chi connectivity index (χ3n) is 3.50. The van der Waals surface area contributed by atoms with Crippen molar-refractivity contribution in [1.82, 2.24) is 5.32 Å². The fourth-order valence-electron chi connectivity index (χ4n) is 2.00. The van der Waals surface area contributed by atoms with Gasteiger partial charge in [0.1, 0.15) is 12.4 Å². The number of benzene rings is 1. The summed E-state index contributed by atoms with van der Waals surface area (Å²) in [7, 11) is 0. The van der Waals surface area contributed by atoms with Crippen LogP contribution < -0.4 is 10.1 Å². The molecular weight excluding hydrogens is 294 g/mol. The zero-order chi connectivity index (χ0) is 16.1. The first kappa shape index (κ1) is 16.6. The van der Waals surface area contributed by atoms with Crippen molar-refractivity contribution in [2.75, 3.05) is 6.54 Å². The molecule has 0 radical (unpaired) electrons. The van der Waals surface area contributed by atoms with Gasteiger partial charge in [-0.25, -0.2) is 0 Å². The summed E-state index contributed by atoms with van der Waals surface area (Å²) in [5, 5.41) is 4.91. The van der Waals surface area contributed by atoms with Gasteiger partial charge in [0.05, 0.1) is 4.88 Å². The van der Waals surface area contributed by atoms with Gasteiger partial charge in [0.25, 0.3) is 5.91 Å². The van der Waals surface area contributed by atoms with Crippen LogP contribution >= 0.6 is 11.3 Å². The second-order valence-electron chi connectivity index (χ2n) is 5.91. The van der Waals surface area contributed by atoms with E-state index in [9.17, 15) is 4.79 Å². The third kappa shape index (κ3) is 4.34. The zero-order valence-corrected chi connectivity index (χ0v) is 14.4. The van der Waals surface area contributed by atoms with Crippen molar-refractivity contribution in [3.05, 3.63) is 51.2 Å². The summed E-state index contributed by atoms with van der Waals surface area (Å²) in [6.45, 7) is 9.48. The molecule has 4 heteroatoms. The average molecular weight is 317 g/mol. The summed E-state index contributed by atoms with van der Waals surface area (Å²) < 4.78 is 5.87. The molecule has 0 saturated heterocycles. The quantitative estimate of drug-likeness (QED) is 0.861. The summed E-state index contributed by atoms with van der Waals surface area (Å²) in [6.07, 6.45) is 0. The Bertz CT molecular complexity index is 646. The largest absolute Gasteiger partial charge is 0.489 e. The van der Waals surface area contributed by atoms with Gasteiger partial charge in [0.15, 0.2) is 0 Å². The summed E-state index contributed by atoms with van der Waals surface area (Å²) in [6, 6.07) is 7.95. The van der Waals surface area contributed by atoms with Crippen LogP contribution in [0.3, 0.4) is 0 Å². The van der Waals surface area contributed by atoms with Crippen LogP contribution in [0.15, 0.2) is 29.6 Å². The van der Waals surface area contributed by atoms with Gasteiger partial charge >= 0.3 is 0 Å². The summed E-state index contributed by atoms with van der Waals surface area (Å²) in [4.78, 5) is 12.7. The first-order valence-corrected chi connectivity index (χ1v) is 8.40. The molecule has 0 bridgehead atoms. The number of aryl methyl sites for hydroxylation is 1. The second kappa shape index (κ2) is 7.45. The maximum Gasteiger partial charge on any atom is 0.261 e. The summed E-state index contributed by atoms with van der Waals surface area (Å²) in [5.41, 5.74) is 3.41. The molecule has 1 heterocycles. The number of thiophene rings is 1. The van der Waals surface area contributed by atoms with Gasteiger partial charge in [0.2, 0.25) is 0 Å². The Kier molecular flexibility index (Phi) is 5.61. The minimum absolute atomic E-state index is 0.00307. The number of hydrogen-bond acceptors (Lipinski definition) is 3. The van der Waals surface area contributed by atoms with Crippen molar-refractivity contribution in [3.63, 3.8) is 0 Å². The molecule has 1 N–H and O–H groups in total. The molecule has 0 aliphatic carbocycles. The van der Waals surface area contributed by atoms with E-state index in [2.05, 4.69) is 39.1 Å². The Labute approximate surface area is 136 Å². The highest BCUT2D eigenvalue weighted by Crippen LogP contribution is 2.23. The van der Waals surface area contributed by atoms with Crippen molar-refractivity contribution in [2.45, 2.75) is 34.3 Å². The van der Waals surface area contributed by atoms with E-state index in [1.54, 1.807) is 0 Å². The highest BCUT2D eigenvalue weighted by molar-refractivity contribution is 7.12. The van der Waals surface area contributed by atoms with Crippen LogP contribution in [0.25, 0.3) is 0 Å². The van der Waals surface area contributed by atoms with Crippen molar-refractivity contribution in [3.8, 4) is 5.75 Å². The Hall–Kier alpha value is -1.81. The number of rotatable bonds is 6. The Balaban J connectivity index is 1.95. The van der Waals surface area contributed by atoms with Gasteiger partial charge in [0, 0.05) is 12.1 Å². The lowest BCUT2D eigenvalue weighted by molar-refractivity contribution is 0.0953. The normalized spacial score (nSPS) is 10.8. The topological polar surface area (TPSA) is 38.3 Å². The molecule has 0 saturated carbocycles. The maximum atomic E-state index is 12.0. The van der Waals surface area contributed by atoms with Gasteiger partial charge in [-0.1, -0.05) is 26.0 Å². The SMILES string of the molecule is Cc1cccc(OCc2csc(C(=O)NCC(C)C)c2)c1C. The Morgan fingerprint density at radius 3 is 2.82 bits per heavy atom. The van der Waals surface area contributed by atoms with Crippen molar-refractivity contribution < 1.29 is 9.53 Å². The third-order valence-corrected chi connectivity index (χ3v) is 4.48. The lowest BCUT2D eigenvalue weighted by atomic mass is 10.1. The van der Waals surface area contributed by atoms with E-state index in [-0.39, 0.29) is 5.91 Å². The predicted molar refractivity (Wildman–Crippen MR) is 91.7 cm³/mol. The van der Waals surface area contributed by atoms with Crippen LogP contribution in [-0.2, 0) is 6.61 Å². The Morgan fingerprint density at radius 2 is 2.09 bits per heavy atom. The number of hydrogen-bond donors (Lipinski definition) is 1. The van der Waals surface area contributed by atoms with Gasteiger partial charge in [-0.05, 0) is 48.4 Å². The molecule has 0 aliphatic rings. The molecule has 0 spiro atoms. The van der Waals surface area contributed by atoms with Crippen molar-refractivity contribution >= 4 is 17.2 Å². The Morgan fingerprint density at radius 1 is 1.32 bits per heavy atom. The molecule has 1 amide bonds. The van der Waals surface area contributed by atoms with E-state index >= 15 is 0 Å². The smallest absolute Gasteiger partial charge is 0.261 e. The predicted octanol–water partition coefficient (Wildman–Crippen LogP) is 4.33. The number of amides is 1. The fraction of sp³-hybridized carbons (Fsp3) is 0.389. The molecule has 1 aromatic heterocycles. The molecule has 118 valence electrons. The zero-order valence-electron chi connectivity index (χ0n) is 13.6. The van der Waals surface area contributed by atoms with Crippen LogP contribution in [0.1, 0.15) is 40.2 Å². The van der Waals surface area contributed by atoms with E-state index in [1.165, 1.54) is 16.9 Å². The van der Waals surface area contributed by atoms with Gasteiger partial charge in [-0.2, -0.15) is 0 Å². The van der Waals surface area contributed by atoms with Crippen LogP contribution in [0.2, 0.25) is 0 Å². The fourth-order valence-corrected chi connectivity index (χ4v) is 2.81. The second-order valence-corrected chi connectivity index (χ2v) is 6.82. The molecule has 0 fully saturated rings. The first-order valence-electron chi connectivity index (χ1n) is 7.52.